The van der Waals surface area contributed by atoms with Crippen LogP contribution in [0, 0.1) is 5.92 Å². The van der Waals surface area contributed by atoms with Crippen molar-refractivity contribution in [2.75, 3.05) is 13.1 Å². The summed E-state index contributed by atoms with van der Waals surface area (Å²) in [6.45, 7) is 3.58. The Bertz CT molecular complexity index is 443. The summed E-state index contributed by atoms with van der Waals surface area (Å²) in [7, 11) is 0. The highest BCUT2D eigenvalue weighted by molar-refractivity contribution is 6.30. The quantitative estimate of drug-likeness (QED) is 0.885. The molecule has 0 spiro atoms. The third kappa shape index (κ3) is 2.38. The lowest BCUT2D eigenvalue weighted by Crippen LogP contribution is -2.45. The largest absolute Gasteiger partial charge is 0.481 e. The first kappa shape index (κ1) is 13.4. The number of halogens is 1. The van der Waals surface area contributed by atoms with E-state index in [-0.39, 0.29) is 5.92 Å². The van der Waals surface area contributed by atoms with Gasteiger partial charge in [-0.25, -0.2) is 0 Å². The molecule has 0 saturated carbocycles. The van der Waals surface area contributed by atoms with Crippen LogP contribution in [-0.2, 0) is 10.2 Å². The van der Waals surface area contributed by atoms with Gasteiger partial charge < -0.3 is 10.4 Å². The van der Waals surface area contributed by atoms with Crippen molar-refractivity contribution in [1.29, 1.82) is 0 Å². The number of hydrogen-bond donors (Lipinski definition) is 2. The molecule has 2 N–H and O–H groups in total. The van der Waals surface area contributed by atoms with Gasteiger partial charge in [-0.3, -0.25) is 4.79 Å². The molecular weight excluding hydrogens is 250 g/mol. The summed E-state index contributed by atoms with van der Waals surface area (Å²) in [6, 6.07) is 7.23. The number of benzene rings is 1. The van der Waals surface area contributed by atoms with Crippen LogP contribution in [0.15, 0.2) is 24.3 Å². The zero-order chi connectivity index (χ0) is 13.2. The minimum atomic E-state index is -0.854. The molecule has 4 heteroatoms. The zero-order valence-corrected chi connectivity index (χ0v) is 11.2. The van der Waals surface area contributed by atoms with Gasteiger partial charge in [0.2, 0.25) is 0 Å². The molecule has 1 heterocycles. The third-order valence-electron chi connectivity index (χ3n) is 4.02. The molecule has 1 aliphatic heterocycles. The lowest BCUT2D eigenvalue weighted by molar-refractivity contribution is -0.146. The van der Waals surface area contributed by atoms with Gasteiger partial charge in [-0.15, -0.1) is 0 Å². The molecule has 18 heavy (non-hydrogen) atoms. The van der Waals surface area contributed by atoms with Crippen molar-refractivity contribution in [3.63, 3.8) is 0 Å². The van der Waals surface area contributed by atoms with Crippen LogP contribution in [0.4, 0.5) is 0 Å². The first-order chi connectivity index (χ1) is 8.55. The van der Waals surface area contributed by atoms with Crippen LogP contribution in [0.2, 0.25) is 5.02 Å². The minimum absolute atomic E-state index is 0.148. The first-order valence-corrected chi connectivity index (χ1v) is 6.63. The second-order valence-corrected chi connectivity index (χ2v) is 5.48. The van der Waals surface area contributed by atoms with Crippen molar-refractivity contribution in [2.45, 2.75) is 25.2 Å². The molecule has 0 aromatic heterocycles. The minimum Gasteiger partial charge on any atom is -0.481 e. The second-order valence-electron chi connectivity index (χ2n) is 5.04. The summed E-state index contributed by atoms with van der Waals surface area (Å²) in [6.07, 6.45) is 1.77. The predicted molar refractivity (Wildman–Crippen MR) is 72.0 cm³/mol. The highest BCUT2D eigenvalue weighted by Gasteiger charge is 2.43. The van der Waals surface area contributed by atoms with Gasteiger partial charge in [0.1, 0.15) is 0 Å². The first-order valence-electron chi connectivity index (χ1n) is 6.25. The summed E-state index contributed by atoms with van der Waals surface area (Å²) in [5.41, 5.74) is -0.0538. The van der Waals surface area contributed by atoms with Crippen LogP contribution in [0.1, 0.15) is 25.3 Å². The van der Waals surface area contributed by atoms with Gasteiger partial charge in [-0.2, -0.15) is 0 Å². The molecule has 1 aliphatic rings. The van der Waals surface area contributed by atoms with Crippen LogP contribution in [0.3, 0.4) is 0 Å². The Morgan fingerprint density at radius 2 is 2.11 bits per heavy atom. The monoisotopic (exact) mass is 267 g/mol. The fourth-order valence-electron chi connectivity index (χ4n) is 2.74. The third-order valence-corrected chi connectivity index (χ3v) is 4.26. The van der Waals surface area contributed by atoms with E-state index in [1.165, 1.54) is 0 Å². The van der Waals surface area contributed by atoms with Gasteiger partial charge in [-0.05, 0) is 56.5 Å². The fraction of sp³-hybridized carbons (Fsp3) is 0.500. The smallest absolute Gasteiger partial charge is 0.314 e. The summed E-state index contributed by atoms with van der Waals surface area (Å²) in [5, 5.41) is 13.5. The van der Waals surface area contributed by atoms with Gasteiger partial charge in [0.25, 0.3) is 0 Å². The van der Waals surface area contributed by atoms with Crippen molar-refractivity contribution in [1.82, 2.24) is 5.32 Å². The van der Waals surface area contributed by atoms with E-state index < -0.39 is 11.4 Å². The fourth-order valence-corrected chi connectivity index (χ4v) is 2.93. The summed E-state index contributed by atoms with van der Waals surface area (Å²) >= 11 is 5.99. The standard InChI is InChI=1S/C14H18ClNO2/c1-14(13(17)18,10-5-7-16-8-6-10)11-3-2-4-12(15)9-11/h2-4,9-10,16H,5-8H2,1H3,(H,17,18). The predicted octanol–water partition coefficient (Wildman–Crippen LogP) is 2.68. The van der Waals surface area contributed by atoms with Gasteiger partial charge in [0.05, 0.1) is 5.41 Å². The molecular formula is C14H18ClNO2. The van der Waals surface area contributed by atoms with Crippen LogP contribution in [0.5, 0.6) is 0 Å². The van der Waals surface area contributed by atoms with Crippen LogP contribution in [0.25, 0.3) is 0 Å². The Kier molecular flexibility index (Phi) is 3.93. The van der Waals surface area contributed by atoms with E-state index in [1.807, 2.05) is 19.1 Å². The van der Waals surface area contributed by atoms with Crippen molar-refractivity contribution >= 4 is 17.6 Å². The Morgan fingerprint density at radius 3 is 2.67 bits per heavy atom. The van der Waals surface area contributed by atoms with Crippen molar-refractivity contribution in [2.24, 2.45) is 5.92 Å². The maximum Gasteiger partial charge on any atom is 0.314 e. The van der Waals surface area contributed by atoms with Gasteiger partial charge in [0.15, 0.2) is 0 Å². The van der Waals surface area contributed by atoms with Gasteiger partial charge in [0, 0.05) is 5.02 Å². The lowest BCUT2D eigenvalue weighted by Gasteiger charge is -2.37. The van der Waals surface area contributed by atoms with E-state index >= 15 is 0 Å². The number of hydrogen-bond acceptors (Lipinski definition) is 2. The number of carboxylic acid groups (broad SMARTS) is 1. The molecule has 1 atom stereocenters. The highest BCUT2D eigenvalue weighted by atomic mass is 35.5. The van der Waals surface area contributed by atoms with E-state index in [1.54, 1.807) is 12.1 Å². The number of carboxylic acids is 1. The molecule has 1 fully saturated rings. The maximum atomic E-state index is 11.8. The molecule has 1 aromatic rings. The van der Waals surface area contributed by atoms with Gasteiger partial charge in [-0.1, -0.05) is 23.7 Å². The second kappa shape index (κ2) is 5.29. The number of piperidine rings is 1. The molecule has 0 bridgehead atoms. The maximum absolute atomic E-state index is 11.8. The zero-order valence-electron chi connectivity index (χ0n) is 10.4. The Hall–Kier alpha value is -1.06. The van der Waals surface area contributed by atoms with Crippen LogP contribution >= 0.6 is 11.6 Å². The van der Waals surface area contributed by atoms with Crippen molar-refractivity contribution in [3.8, 4) is 0 Å². The molecule has 0 amide bonds. The van der Waals surface area contributed by atoms with E-state index in [2.05, 4.69) is 5.32 Å². The van der Waals surface area contributed by atoms with Crippen LogP contribution < -0.4 is 5.32 Å². The van der Waals surface area contributed by atoms with E-state index in [9.17, 15) is 9.90 Å². The molecule has 1 unspecified atom stereocenters. The van der Waals surface area contributed by atoms with E-state index in [4.69, 9.17) is 11.6 Å². The van der Waals surface area contributed by atoms with Crippen molar-refractivity contribution in [3.05, 3.63) is 34.9 Å². The average molecular weight is 268 g/mol. The molecule has 2 rings (SSSR count). The van der Waals surface area contributed by atoms with Gasteiger partial charge >= 0.3 is 5.97 Å². The Balaban J connectivity index is 2.39. The molecule has 98 valence electrons. The number of nitrogens with one attached hydrogen (secondary N) is 1. The Labute approximate surface area is 112 Å². The lowest BCUT2D eigenvalue weighted by atomic mass is 9.68. The SMILES string of the molecule is CC(C(=O)O)(c1cccc(Cl)c1)C1CCNCC1. The molecule has 1 saturated heterocycles. The summed E-state index contributed by atoms with van der Waals surface area (Å²) in [4.78, 5) is 11.8. The summed E-state index contributed by atoms with van der Waals surface area (Å²) < 4.78 is 0. The summed E-state index contributed by atoms with van der Waals surface area (Å²) in [5.74, 6) is -0.619. The number of rotatable bonds is 3. The van der Waals surface area contributed by atoms with E-state index in [0.717, 1.165) is 31.5 Å². The molecule has 1 aromatic carbocycles. The van der Waals surface area contributed by atoms with Crippen molar-refractivity contribution < 1.29 is 9.90 Å². The molecule has 3 nitrogen and oxygen atoms in total. The number of carbonyl (C=O) groups is 1. The normalized spacial score (nSPS) is 20.3. The topological polar surface area (TPSA) is 49.3 Å². The highest BCUT2D eigenvalue weighted by Crippen LogP contribution is 2.38. The van der Waals surface area contributed by atoms with Crippen LogP contribution in [-0.4, -0.2) is 24.2 Å². The molecule has 0 aliphatic carbocycles. The average Bonchev–Trinajstić information content (AvgIpc) is 2.38. The van der Waals surface area contributed by atoms with E-state index in [0.29, 0.717) is 5.02 Å². The Morgan fingerprint density at radius 1 is 1.44 bits per heavy atom. The number of aliphatic carboxylic acids is 1. The molecule has 0 radical (unpaired) electrons.